The number of benzene rings is 2. The molecule has 4 nitrogen and oxygen atoms in total. The second kappa shape index (κ2) is 6.15. The lowest BCUT2D eigenvalue weighted by Crippen LogP contribution is -2.00. The number of anilines is 1. The predicted molar refractivity (Wildman–Crippen MR) is 87.1 cm³/mol. The smallest absolute Gasteiger partial charge is 0.139 e. The van der Waals surface area contributed by atoms with Gasteiger partial charge in [-0.25, -0.2) is 4.98 Å². The number of aromatic nitrogens is 2. The van der Waals surface area contributed by atoms with Crippen molar-refractivity contribution in [3.05, 3.63) is 72.1 Å². The molecular weight excluding hydrogens is 272 g/mol. The lowest BCUT2D eigenvalue weighted by molar-refractivity contribution is 0.925. The highest BCUT2D eigenvalue weighted by Gasteiger charge is 2.04. The number of nitrogens with one attached hydrogen (secondary N) is 1. The molecule has 1 heterocycles. The second-order valence-corrected chi connectivity index (χ2v) is 5.11. The Hall–Kier alpha value is -3.06. The number of hydrogen-bond donors (Lipinski definition) is 1. The van der Waals surface area contributed by atoms with E-state index >= 15 is 0 Å². The lowest BCUT2D eigenvalue weighted by Gasteiger charge is -2.09. The first kappa shape index (κ1) is 13.9. The van der Waals surface area contributed by atoms with E-state index in [1.807, 2.05) is 60.3 Å². The molecule has 0 radical (unpaired) electrons. The molecule has 4 heteroatoms. The van der Waals surface area contributed by atoms with Crippen LogP contribution < -0.4 is 5.32 Å². The van der Waals surface area contributed by atoms with Crippen molar-refractivity contribution in [3.8, 4) is 17.5 Å². The molecular formula is C18H16N4. The first-order chi connectivity index (χ1) is 10.8. The van der Waals surface area contributed by atoms with Crippen molar-refractivity contribution in [2.45, 2.75) is 6.54 Å². The van der Waals surface area contributed by atoms with Gasteiger partial charge >= 0.3 is 0 Å². The largest absolute Gasteiger partial charge is 0.381 e. The van der Waals surface area contributed by atoms with Crippen molar-refractivity contribution < 1.29 is 0 Å². The van der Waals surface area contributed by atoms with Crippen molar-refractivity contribution in [2.75, 3.05) is 5.32 Å². The summed E-state index contributed by atoms with van der Waals surface area (Å²) in [7, 11) is 1.98. The van der Waals surface area contributed by atoms with Gasteiger partial charge < -0.3 is 9.88 Å². The number of aryl methyl sites for hydroxylation is 1. The molecule has 108 valence electrons. The van der Waals surface area contributed by atoms with E-state index in [0.29, 0.717) is 12.1 Å². The highest BCUT2D eigenvalue weighted by Crippen LogP contribution is 2.21. The molecule has 0 atom stereocenters. The molecule has 1 aromatic heterocycles. The molecule has 0 saturated heterocycles. The standard InChI is InChI=1S/C18H16N4/c1-22-9-8-20-18(22)16-6-3-7-17(11-16)21-13-15-5-2-4-14(10-15)12-19/h2-11,21H,13H2,1H3. The topological polar surface area (TPSA) is 53.6 Å². The van der Waals surface area contributed by atoms with Crippen LogP contribution in [0.1, 0.15) is 11.1 Å². The van der Waals surface area contributed by atoms with Gasteiger partial charge in [0.1, 0.15) is 5.82 Å². The molecule has 0 amide bonds. The first-order valence-corrected chi connectivity index (χ1v) is 7.07. The summed E-state index contributed by atoms with van der Waals surface area (Å²) in [6.45, 7) is 0.680. The minimum absolute atomic E-state index is 0.680. The summed E-state index contributed by atoms with van der Waals surface area (Å²) >= 11 is 0. The Morgan fingerprint density at radius 1 is 1.18 bits per heavy atom. The number of rotatable bonds is 4. The highest BCUT2D eigenvalue weighted by atomic mass is 15.0. The molecule has 0 aliphatic heterocycles. The van der Waals surface area contributed by atoms with Gasteiger partial charge in [-0.15, -0.1) is 0 Å². The van der Waals surface area contributed by atoms with Gasteiger partial charge in [0.05, 0.1) is 11.6 Å². The van der Waals surface area contributed by atoms with Crippen LogP contribution in [0.3, 0.4) is 0 Å². The fourth-order valence-corrected chi connectivity index (χ4v) is 2.37. The van der Waals surface area contributed by atoms with Crippen molar-refractivity contribution in [3.63, 3.8) is 0 Å². The lowest BCUT2D eigenvalue weighted by atomic mass is 10.1. The third kappa shape index (κ3) is 2.99. The van der Waals surface area contributed by atoms with E-state index < -0.39 is 0 Å². The predicted octanol–water partition coefficient (Wildman–Crippen LogP) is 3.57. The third-order valence-electron chi connectivity index (χ3n) is 3.49. The van der Waals surface area contributed by atoms with Crippen molar-refractivity contribution in [1.29, 1.82) is 5.26 Å². The van der Waals surface area contributed by atoms with Crippen molar-refractivity contribution in [2.24, 2.45) is 7.05 Å². The number of hydrogen-bond acceptors (Lipinski definition) is 3. The first-order valence-electron chi connectivity index (χ1n) is 7.07. The van der Waals surface area contributed by atoms with Crippen LogP contribution in [0, 0.1) is 11.3 Å². The van der Waals surface area contributed by atoms with E-state index in [1.54, 1.807) is 6.20 Å². The average molecular weight is 288 g/mol. The van der Waals surface area contributed by atoms with Gasteiger partial charge in [0.25, 0.3) is 0 Å². The summed E-state index contributed by atoms with van der Waals surface area (Å²) in [5.41, 5.74) is 3.87. The minimum atomic E-state index is 0.680. The molecule has 3 rings (SSSR count). The summed E-state index contributed by atoms with van der Waals surface area (Å²) in [6, 6.07) is 17.9. The Kier molecular flexibility index (Phi) is 3.88. The molecule has 2 aromatic carbocycles. The molecule has 0 bridgehead atoms. The van der Waals surface area contributed by atoms with Crippen LogP contribution in [0.5, 0.6) is 0 Å². The molecule has 3 aromatic rings. The van der Waals surface area contributed by atoms with Gasteiger partial charge in [0.15, 0.2) is 0 Å². The molecule has 0 aliphatic rings. The number of nitrogens with zero attached hydrogens (tertiary/aromatic N) is 3. The normalized spacial score (nSPS) is 10.2. The van der Waals surface area contributed by atoms with E-state index in [-0.39, 0.29) is 0 Å². The van der Waals surface area contributed by atoms with Gasteiger partial charge in [-0.3, -0.25) is 0 Å². The molecule has 0 aliphatic carbocycles. The van der Waals surface area contributed by atoms with E-state index in [4.69, 9.17) is 5.26 Å². The fraction of sp³-hybridized carbons (Fsp3) is 0.111. The Labute approximate surface area is 129 Å². The quantitative estimate of drug-likeness (QED) is 0.798. The van der Waals surface area contributed by atoms with Gasteiger partial charge in [-0.1, -0.05) is 24.3 Å². The zero-order valence-electron chi connectivity index (χ0n) is 12.3. The van der Waals surface area contributed by atoms with Crippen LogP contribution in [0.4, 0.5) is 5.69 Å². The maximum Gasteiger partial charge on any atom is 0.139 e. The third-order valence-corrected chi connectivity index (χ3v) is 3.49. The Morgan fingerprint density at radius 2 is 2.05 bits per heavy atom. The SMILES string of the molecule is Cn1ccnc1-c1cccc(NCc2cccc(C#N)c2)c1. The second-order valence-electron chi connectivity index (χ2n) is 5.11. The van der Waals surface area contributed by atoms with E-state index in [2.05, 4.69) is 22.4 Å². The zero-order chi connectivity index (χ0) is 15.4. The molecule has 22 heavy (non-hydrogen) atoms. The molecule has 0 spiro atoms. The minimum Gasteiger partial charge on any atom is -0.381 e. The van der Waals surface area contributed by atoms with Gasteiger partial charge in [-0.05, 0) is 29.8 Å². The highest BCUT2D eigenvalue weighted by molar-refractivity contribution is 5.62. The van der Waals surface area contributed by atoms with Crippen LogP contribution >= 0.6 is 0 Å². The molecule has 0 fully saturated rings. The Bertz CT molecular complexity index is 827. The van der Waals surface area contributed by atoms with Crippen LogP contribution in [-0.4, -0.2) is 9.55 Å². The fourth-order valence-electron chi connectivity index (χ4n) is 2.37. The van der Waals surface area contributed by atoms with E-state index in [0.717, 1.165) is 22.6 Å². The van der Waals surface area contributed by atoms with Crippen molar-refractivity contribution in [1.82, 2.24) is 9.55 Å². The van der Waals surface area contributed by atoms with Crippen LogP contribution in [-0.2, 0) is 13.6 Å². The van der Waals surface area contributed by atoms with Gasteiger partial charge in [-0.2, -0.15) is 5.26 Å². The van der Waals surface area contributed by atoms with Crippen molar-refractivity contribution >= 4 is 5.69 Å². The Morgan fingerprint density at radius 3 is 2.82 bits per heavy atom. The Balaban J connectivity index is 1.76. The summed E-state index contributed by atoms with van der Waals surface area (Å²) in [6.07, 6.45) is 3.73. The number of nitriles is 1. The molecule has 1 N–H and O–H groups in total. The van der Waals surface area contributed by atoms with E-state index in [1.165, 1.54) is 0 Å². The maximum absolute atomic E-state index is 8.94. The molecule has 0 saturated carbocycles. The van der Waals surface area contributed by atoms with Crippen LogP contribution in [0.25, 0.3) is 11.4 Å². The van der Waals surface area contributed by atoms with Gasteiger partial charge in [0.2, 0.25) is 0 Å². The zero-order valence-corrected chi connectivity index (χ0v) is 12.3. The summed E-state index contributed by atoms with van der Waals surface area (Å²) in [5.74, 6) is 0.940. The summed E-state index contributed by atoms with van der Waals surface area (Å²) in [4.78, 5) is 4.37. The van der Waals surface area contributed by atoms with Gasteiger partial charge in [0, 0.05) is 37.2 Å². The molecule has 0 unspecified atom stereocenters. The van der Waals surface area contributed by atoms with Crippen LogP contribution in [0.15, 0.2) is 60.9 Å². The summed E-state index contributed by atoms with van der Waals surface area (Å²) in [5, 5.41) is 12.3. The maximum atomic E-state index is 8.94. The average Bonchev–Trinajstić information content (AvgIpc) is 2.99. The number of imidazole rings is 1. The van der Waals surface area contributed by atoms with Crippen LogP contribution in [0.2, 0.25) is 0 Å². The monoisotopic (exact) mass is 288 g/mol. The summed E-state index contributed by atoms with van der Waals surface area (Å²) < 4.78 is 2.00. The van der Waals surface area contributed by atoms with E-state index in [9.17, 15) is 0 Å².